The van der Waals surface area contributed by atoms with Gasteiger partial charge < -0.3 is 37.5 Å². The van der Waals surface area contributed by atoms with Crippen LogP contribution < -0.4 is 32.7 Å². The molecule has 0 radical (unpaired) electrons. The van der Waals surface area contributed by atoms with Crippen LogP contribution in [0.4, 0.5) is 4.79 Å². The van der Waals surface area contributed by atoms with Gasteiger partial charge in [0.15, 0.2) is 12.6 Å². The zero-order valence-electron chi connectivity index (χ0n) is 17.7. The molecule has 0 aromatic carbocycles. The Morgan fingerprint density at radius 3 is 1.90 bits per heavy atom. The van der Waals surface area contributed by atoms with Crippen molar-refractivity contribution in [2.24, 2.45) is 11.5 Å². The molecule has 0 fully saturated rings. The fourth-order valence-electron chi connectivity index (χ4n) is 2.56. The van der Waals surface area contributed by atoms with E-state index in [1.807, 2.05) is 0 Å². The monoisotopic (exact) mass is 415 g/mol. The summed E-state index contributed by atoms with van der Waals surface area (Å²) >= 11 is 0. The van der Waals surface area contributed by atoms with E-state index in [1.54, 1.807) is 0 Å². The van der Waals surface area contributed by atoms with Crippen molar-refractivity contribution in [3.05, 3.63) is 0 Å². The van der Waals surface area contributed by atoms with Crippen molar-refractivity contribution in [2.45, 2.75) is 57.8 Å². The van der Waals surface area contributed by atoms with Gasteiger partial charge in [-0.3, -0.25) is 10.2 Å². The van der Waals surface area contributed by atoms with E-state index in [2.05, 4.69) is 21.3 Å². The molecule has 0 rings (SSSR count). The molecule has 0 atom stereocenters. The number of amides is 2. The number of nitrogens with one attached hydrogen (secondary N) is 5. The minimum absolute atomic E-state index is 0.0180. The molecular weight excluding hydrogens is 374 g/mol. The van der Waals surface area contributed by atoms with Crippen LogP contribution in [-0.2, 0) is 9.53 Å². The number of alkyl carbamates (subject to hydrolysis) is 1. The molecule has 10 heteroatoms. The molecule has 10 nitrogen and oxygen atoms in total. The molecule has 0 spiro atoms. The van der Waals surface area contributed by atoms with Crippen LogP contribution in [0.1, 0.15) is 57.8 Å². The Bertz CT molecular complexity index is 436. The Hall–Kier alpha value is -2.07. The van der Waals surface area contributed by atoms with Gasteiger partial charge in [-0.05, 0) is 51.7 Å². The minimum atomic E-state index is -0.560. The van der Waals surface area contributed by atoms with E-state index in [-0.39, 0.29) is 18.5 Å². The highest BCUT2D eigenvalue weighted by atomic mass is 16.6. The van der Waals surface area contributed by atoms with Gasteiger partial charge in [-0.15, -0.1) is 0 Å². The molecule has 0 saturated heterocycles. The standard InChI is InChI=1S/C19H41N7O3/c20-10-9-12-23-11-7-8-15-26-19(28)29-16-17(27)24-13-5-3-1-2-4-6-14-25-18(21)22/h23H,1-16,20H2,(H,24,27)(H,26,28)(H4,21,22,25). The minimum Gasteiger partial charge on any atom is -0.439 e. The second kappa shape index (κ2) is 20.7. The van der Waals surface area contributed by atoms with Gasteiger partial charge in [0.25, 0.3) is 5.91 Å². The lowest BCUT2D eigenvalue weighted by molar-refractivity contribution is -0.123. The van der Waals surface area contributed by atoms with Gasteiger partial charge in [0, 0.05) is 19.6 Å². The second-order valence-corrected chi connectivity index (χ2v) is 6.91. The van der Waals surface area contributed by atoms with Gasteiger partial charge in [-0.2, -0.15) is 0 Å². The van der Waals surface area contributed by atoms with Crippen molar-refractivity contribution in [1.82, 2.24) is 21.3 Å². The smallest absolute Gasteiger partial charge is 0.407 e. The summed E-state index contributed by atoms with van der Waals surface area (Å²) in [5.74, 6) is -0.260. The molecule has 0 bridgehead atoms. The van der Waals surface area contributed by atoms with E-state index in [9.17, 15) is 9.59 Å². The number of hydrogen-bond donors (Lipinski definition) is 7. The number of ether oxygens (including phenoxy) is 1. The van der Waals surface area contributed by atoms with Crippen LogP contribution in [-0.4, -0.2) is 63.8 Å². The first-order chi connectivity index (χ1) is 14.1. The summed E-state index contributed by atoms with van der Waals surface area (Å²) < 4.78 is 4.89. The number of nitrogens with two attached hydrogens (primary N) is 2. The number of carbonyl (C=O) groups excluding carboxylic acids is 2. The normalized spacial score (nSPS) is 10.4. The van der Waals surface area contributed by atoms with Crippen LogP contribution in [0.15, 0.2) is 0 Å². The first kappa shape index (κ1) is 26.9. The summed E-state index contributed by atoms with van der Waals surface area (Å²) in [6.07, 6.45) is 8.50. The second-order valence-electron chi connectivity index (χ2n) is 6.91. The van der Waals surface area contributed by atoms with Gasteiger partial charge in [0.2, 0.25) is 0 Å². The molecule has 0 saturated carbocycles. The van der Waals surface area contributed by atoms with Crippen molar-refractivity contribution in [2.75, 3.05) is 45.9 Å². The lowest BCUT2D eigenvalue weighted by Crippen LogP contribution is -2.33. The third-order valence-electron chi connectivity index (χ3n) is 4.18. The highest BCUT2D eigenvalue weighted by Crippen LogP contribution is 2.04. The summed E-state index contributed by atoms with van der Waals surface area (Å²) in [7, 11) is 0. The number of unbranched alkanes of at least 4 members (excludes halogenated alkanes) is 6. The number of guanidine groups is 1. The lowest BCUT2D eigenvalue weighted by atomic mass is 10.1. The number of rotatable bonds is 19. The van der Waals surface area contributed by atoms with Gasteiger partial charge in [-0.1, -0.05) is 25.7 Å². The largest absolute Gasteiger partial charge is 0.439 e. The summed E-state index contributed by atoms with van der Waals surface area (Å²) in [6, 6.07) is 0. The van der Waals surface area contributed by atoms with Crippen LogP contribution >= 0.6 is 0 Å². The SMILES string of the molecule is N=C(N)NCCCCCCCCNC(=O)COC(=O)NCCCCNCCCN. The van der Waals surface area contributed by atoms with E-state index in [1.165, 1.54) is 0 Å². The average molecular weight is 416 g/mol. The number of carbonyl (C=O) groups is 2. The first-order valence-corrected chi connectivity index (χ1v) is 10.7. The average Bonchev–Trinajstić information content (AvgIpc) is 2.69. The van der Waals surface area contributed by atoms with Crippen LogP contribution in [0, 0.1) is 5.41 Å². The predicted octanol–water partition coefficient (Wildman–Crippen LogP) is 0.371. The zero-order chi connectivity index (χ0) is 21.6. The molecule has 0 unspecified atom stereocenters. The van der Waals surface area contributed by atoms with Crippen molar-refractivity contribution in [1.29, 1.82) is 5.41 Å². The van der Waals surface area contributed by atoms with E-state index in [0.717, 1.165) is 77.4 Å². The maximum absolute atomic E-state index is 11.6. The van der Waals surface area contributed by atoms with Crippen LogP contribution in [0.25, 0.3) is 0 Å². The molecule has 0 aromatic rings. The molecule has 29 heavy (non-hydrogen) atoms. The van der Waals surface area contributed by atoms with E-state index in [4.69, 9.17) is 21.6 Å². The molecule has 0 aliphatic carbocycles. The summed E-state index contributed by atoms with van der Waals surface area (Å²) in [4.78, 5) is 23.2. The maximum Gasteiger partial charge on any atom is 0.407 e. The summed E-state index contributed by atoms with van der Waals surface area (Å²) in [5.41, 5.74) is 10.6. The van der Waals surface area contributed by atoms with Gasteiger partial charge >= 0.3 is 6.09 Å². The maximum atomic E-state index is 11.6. The Morgan fingerprint density at radius 1 is 0.724 bits per heavy atom. The third-order valence-corrected chi connectivity index (χ3v) is 4.18. The summed E-state index contributed by atoms with van der Waals surface area (Å²) in [5, 5.41) is 18.5. The Kier molecular flexibility index (Phi) is 19.2. The van der Waals surface area contributed by atoms with Crippen LogP contribution in [0.2, 0.25) is 0 Å². The number of hydrogen-bond acceptors (Lipinski definition) is 6. The third kappa shape index (κ3) is 22.1. The fraction of sp³-hybridized carbons (Fsp3) is 0.842. The van der Waals surface area contributed by atoms with Crippen LogP contribution in [0.5, 0.6) is 0 Å². The molecule has 0 aliphatic rings. The van der Waals surface area contributed by atoms with Crippen LogP contribution in [0.3, 0.4) is 0 Å². The predicted molar refractivity (Wildman–Crippen MR) is 116 cm³/mol. The topological polar surface area (TPSA) is 167 Å². The van der Waals surface area contributed by atoms with Gasteiger partial charge in [-0.25, -0.2) is 4.79 Å². The lowest BCUT2D eigenvalue weighted by Gasteiger charge is -2.08. The Morgan fingerprint density at radius 2 is 1.24 bits per heavy atom. The van der Waals surface area contributed by atoms with E-state index in [0.29, 0.717) is 19.6 Å². The zero-order valence-corrected chi connectivity index (χ0v) is 17.7. The highest BCUT2D eigenvalue weighted by Gasteiger charge is 2.06. The van der Waals surface area contributed by atoms with Crippen molar-refractivity contribution >= 4 is 18.0 Å². The Balaban J connectivity index is 3.33. The molecular formula is C19H41N7O3. The molecule has 0 aliphatic heterocycles. The summed E-state index contributed by atoms with van der Waals surface area (Å²) in [6.45, 7) is 4.12. The molecule has 9 N–H and O–H groups in total. The van der Waals surface area contributed by atoms with Gasteiger partial charge in [0.05, 0.1) is 0 Å². The molecule has 0 heterocycles. The van der Waals surface area contributed by atoms with Gasteiger partial charge in [0.1, 0.15) is 0 Å². The molecule has 170 valence electrons. The highest BCUT2D eigenvalue weighted by molar-refractivity contribution is 5.79. The Labute approximate surface area is 174 Å². The van der Waals surface area contributed by atoms with Crippen molar-refractivity contribution in [3.8, 4) is 0 Å². The van der Waals surface area contributed by atoms with Crippen molar-refractivity contribution in [3.63, 3.8) is 0 Å². The van der Waals surface area contributed by atoms with Crippen molar-refractivity contribution < 1.29 is 14.3 Å². The van der Waals surface area contributed by atoms with E-state index >= 15 is 0 Å². The molecule has 2 amide bonds. The quantitative estimate of drug-likeness (QED) is 0.0908. The molecule has 0 aromatic heterocycles. The fourth-order valence-corrected chi connectivity index (χ4v) is 2.56. The van der Waals surface area contributed by atoms with E-state index < -0.39 is 6.09 Å². The first-order valence-electron chi connectivity index (χ1n) is 10.7.